The molecule has 0 spiro atoms. The van der Waals surface area contributed by atoms with E-state index in [1.807, 2.05) is 91.0 Å². The maximum atomic E-state index is 12.6. The Labute approximate surface area is 230 Å². The summed E-state index contributed by atoms with van der Waals surface area (Å²) in [4.78, 5) is 12.6. The first kappa shape index (κ1) is 28.3. The van der Waals surface area contributed by atoms with Crippen molar-refractivity contribution in [3.63, 3.8) is 0 Å². The van der Waals surface area contributed by atoms with E-state index in [1.165, 1.54) is 0 Å². The first-order valence-corrected chi connectivity index (χ1v) is 13.2. The van der Waals surface area contributed by atoms with Gasteiger partial charge in [0.15, 0.2) is 12.2 Å². The Morgan fingerprint density at radius 2 is 1.28 bits per heavy atom. The Bertz CT molecular complexity index is 1160. The van der Waals surface area contributed by atoms with Gasteiger partial charge in [-0.3, -0.25) is 4.79 Å². The standard InChI is InChI=1S/C33H36O6/c1-3-4-20-30(34)39-31-25(2)38-29(24-35-21-26-14-8-5-9-15-26)32(36-22-27-16-10-6-11-17-27)33(31)37-23-28-18-12-7-13-19-28/h3,5-19,29,31-33H,1-2,4,20-24H2/t29-,31+,32-,33-/m1/s1. The molecule has 6 heteroatoms. The van der Waals surface area contributed by atoms with Crippen LogP contribution in [0.25, 0.3) is 0 Å². The van der Waals surface area contributed by atoms with Crippen LogP contribution in [-0.4, -0.2) is 37.0 Å². The van der Waals surface area contributed by atoms with Gasteiger partial charge in [0.1, 0.15) is 18.0 Å². The maximum Gasteiger partial charge on any atom is 0.306 e. The predicted octanol–water partition coefficient (Wildman–Crippen LogP) is 6.16. The molecule has 0 unspecified atom stereocenters. The van der Waals surface area contributed by atoms with Crippen LogP contribution in [0.1, 0.15) is 29.5 Å². The van der Waals surface area contributed by atoms with E-state index in [4.69, 9.17) is 23.7 Å². The number of carbonyl (C=O) groups excluding carboxylic acids is 1. The van der Waals surface area contributed by atoms with Gasteiger partial charge < -0.3 is 23.7 Å². The second-order valence-corrected chi connectivity index (χ2v) is 9.38. The molecular formula is C33H36O6. The summed E-state index contributed by atoms with van der Waals surface area (Å²) in [6, 6.07) is 29.7. The molecule has 6 nitrogen and oxygen atoms in total. The zero-order valence-corrected chi connectivity index (χ0v) is 22.2. The molecule has 1 saturated heterocycles. The molecule has 1 heterocycles. The van der Waals surface area contributed by atoms with Crippen LogP contribution in [0.4, 0.5) is 0 Å². The van der Waals surface area contributed by atoms with Gasteiger partial charge in [-0.1, -0.05) is 104 Å². The molecule has 0 radical (unpaired) electrons. The number of carbonyl (C=O) groups is 1. The van der Waals surface area contributed by atoms with Crippen LogP contribution in [-0.2, 0) is 48.3 Å². The van der Waals surface area contributed by atoms with E-state index in [0.29, 0.717) is 32.0 Å². The average molecular weight is 529 g/mol. The second-order valence-electron chi connectivity index (χ2n) is 9.38. The van der Waals surface area contributed by atoms with E-state index in [1.54, 1.807) is 6.08 Å². The van der Waals surface area contributed by atoms with Gasteiger partial charge in [-0.2, -0.15) is 0 Å². The van der Waals surface area contributed by atoms with Crippen molar-refractivity contribution in [3.05, 3.63) is 133 Å². The van der Waals surface area contributed by atoms with Gasteiger partial charge in [-0.25, -0.2) is 0 Å². The topological polar surface area (TPSA) is 63.2 Å². The molecular weight excluding hydrogens is 492 g/mol. The van der Waals surface area contributed by atoms with Crippen LogP contribution < -0.4 is 0 Å². The summed E-state index contributed by atoms with van der Waals surface area (Å²) in [6.07, 6.45) is -0.203. The number of benzene rings is 3. The highest BCUT2D eigenvalue weighted by Gasteiger charge is 2.47. The lowest BCUT2D eigenvalue weighted by molar-refractivity contribution is -0.221. The van der Waals surface area contributed by atoms with Crippen LogP contribution in [0, 0.1) is 0 Å². The molecule has 39 heavy (non-hydrogen) atoms. The quantitative estimate of drug-likeness (QED) is 0.184. The Balaban J connectivity index is 1.55. The summed E-state index contributed by atoms with van der Waals surface area (Å²) in [5.74, 6) is -0.0635. The minimum absolute atomic E-state index is 0.206. The molecule has 0 aliphatic carbocycles. The summed E-state index contributed by atoms with van der Waals surface area (Å²) in [6.45, 7) is 9.09. The SMILES string of the molecule is C=CCCC(=O)O[C@H]1C(=C)O[C@H](COCc2ccccc2)[C@@H](OCc2ccccc2)[C@@H]1OCc1ccccc1. The van der Waals surface area contributed by atoms with Gasteiger partial charge in [0.2, 0.25) is 0 Å². The molecule has 0 saturated carbocycles. The Hall–Kier alpha value is -3.71. The minimum Gasteiger partial charge on any atom is -0.486 e. The van der Waals surface area contributed by atoms with Gasteiger partial charge in [-0.05, 0) is 23.1 Å². The van der Waals surface area contributed by atoms with Crippen molar-refractivity contribution in [2.75, 3.05) is 6.61 Å². The molecule has 0 amide bonds. The molecule has 1 aliphatic rings. The highest BCUT2D eigenvalue weighted by Crippen LogP contribution is 2.32. The van der Waals surface area contributed by atoms with Crippen LogP contribution >= 0.6 is 0 Å². The van der Waals surface area contributed by atoms with Crippen molar-refractivity contribution in [1.82, 2.24) is 0 Å². The molecule has 1 aliphatic heterocycles. The monoisotopic (exact) mass is 528 g/mol. The van der Waals surface area contributed by atoms with E-state index in [-0.39, 0.29) is 19.0 Å². The number of hydrogen-bond acceptors (Lipinski definition) is 6. The lowest BCUT2D eigenvalue weighted by Gasteiger charge is -2.43. The minimum atomic E-state index is -0.836. The van der Waals surface area contributed by atoms with Crippen LogP contribution in [0.15, 0.2) is 116 Å². The summed E-state index contributed by atoms with van der Waals surface area (Å²) in [5.41, 5.74) is 3.05. The Kier molecular flexibility index (Phi) is 10.9. The highest BCUT2D eigenvalue weighted by molar-refractivity contribution is 5.70. The van der Waals surface area contributed by atoms with E-state index in [2.05, 4.69) is 13.2 Å². The Morgan fingerprint density at radius 1 is 0.769 bits per heavy atom. The summed E-state index contributed by atoms with van der Waals surface area (Å²) in [7, 11) is 0. The van der Waals surface area contributed by atoms with Crippen LogP contribution in [0.5, 0.6) is 0 Å². The van der Waals surface area contributed by atoms with Crippen molar-refractivity contribution < 1.29 is 28.5 Å². The normalized spacial score (nSPS) is 20.7. The predicted molar refractivity (Wildman–Crippen MR) is 149 cm³/mol. The van der Waals surface area contributed by atoms with Crippen molar-refractivity contribution in [2.45, 2.75) is 57.1 Å². The number of rotatable bonds is 14. The van der Waals surface area contributed by atoms with E-state index in [9.17, 15) is 4.79 Å². The third-order valence-electron chi connectivity index (χ3n) is 6.38. The zero-order chi connectivity index (χ0) is 27.3. The zero-order valence-electron chi connectivity index (χ0n) is 22.2. The molecule has 0 bridgehead atoms. The smallest absolute Gasteiger partial charge is 0.306 e. The molecule has 204 valence electrons. The van der Waals surface area contributed by atoms with E-state index in [0.717, 1.165) is 16.7 Å². The third kappa shape index (κ3) is 8.65. The number of ether oxygens (including phenoxy) is 5. The third-order valence-corrected chi connectivity index (χ3v) is 6.38. The number of esters is 1. The summed E-state index contributed by atoms with van der Waals surface area (Å²) < 4.78 is 31.0. The average Bonchev–Trinajstić information content (AvgIpc) is 2.97. The van der Waals surface area contributed by atoms with Gasteiger partial charge in [0, 0.05) is 6.42 Å². The van der Waals surface area contributed by atoms with Crippen LogP contribution in [0.3, 0.4) is 0 Å². The molecule has 3 aromatic carbocycles. The molecule has 0 aromatic heterocycles. The Morgan fingerprint density at radius 3 is 1.82 bits per heavy atom. The van der Waals surface area contributed by atoms with Gasteiger partial charge >= 0.3 is 5.97 Å². The lowest BCUT2D eigenvalue weighted by atomic mass is 9.97. The van der Waals surface area contributed by atoms with E-state index < -0.39 is 24.4 Å². The fraction of sp³-hybridized carbons (Fsp3) is 0.303. The van der Waals surface area contributed by atoms with Gasteiger partial charge in [0.05, 0.1) is 26.4 Å². The maximum absolute atomic E-state index is 12.6. The number of allylic oxidation sites excluding steroid dienone is 1. The molecule has 1 fully saturated rings. The van der Waals surface area contributed by atoms with Crippen molar-refractivity contribution in [1.29, 1.82) is 0 Å². The van der Waals surface area contributed by atoms with Gasteiger partial charge in [-0.15, -0.1) is 6.58 Å². The molecule has 3 aromatic rings. The summed E-state index contributed by atoms with van der Waals surface area (Å²) in [5, 5.41) is 0. The van der Waals surface area contributed by atoms with Crippen molar-refractivity contribution in [3.8, 4) is 0 Å². The second kappa shape index (κ2) is 15.0. The first-order valence-electron chi connectivity index (χ1n) is 13.2. The van der Waals surface area contributed by atoms with Crippen molar-refractivity contribution >= 4 is 5.97 Å². The molecule has 4 atom stereocenters. The number of hydrogen-bond donors (Lipinski definition) is 0. The fourth-order valence-electron chi connectivity index (χ4n) is 4.36. The first-order chi connectivity index (χ1) is 19.1. The lowest BCUT2D eigenvalue weighted by Crippen LogP contribution is -2.56. The van der Waals surface area contributed by atoms with E-state index >= 15 is 0 Å². The highest BCUT2D eigenvalue weighted by atomic mass is 16.6. The summed E-state index contributed by atoms with van der Waals surface area (Å²) >= 11 is 0. The van der Waals surface area contributed by atoms with Gasteiger partial charge in [0.25, 0.3) is 0 Å². The molecule has 4 rings (SSSR count). The fourth-order valence-corrected chi connectivity index (χ4v) is 4.36. The molecule has 0 N–H and O–H groups in total. The largest absolute Gasteiger partial charge is 0.486 e. The van der Waals surface area contributed by atoms with Crippen LogP contribution in [0.2, 0.25) is 0 Å². The van der Waals surface area contributed by atoms with Crippen molar-refractivity contribution in [2.24, 2.45) is 0 Å².